The van der Waals surface area contributed by atoms with Crippen LogP contribution in [0.1, 0.15) is 83.5 Å². The van der Waals surface area contributed by atoms with Crippen LogP contribution in [0, 0.1) is 11.8 Å². The largest absolute Gasteiger partial charge is 0.0533 e. The van der Waals surface area contributed by atoms with Gasteiger partial charge in [0, 0.05) is 0 Å². The van der Waals surface area contributed by atoms with Crippen LogP contribution in [-0.4, -0.2) is 0 Å². The van der Waals surface area contributed by atoms with Crippen molar-refractivity contribution in [2.45, 2.75) is 83.5 Å². The molecule has 88 valence electrons. The Hall–Kier alpha value is 0. The molecule has 0 bridgehead atoms. The van der Waals surface area contributed by atoms with E-state index in [2.05, 4.69) is 0 Å². The zero-order valence-electron chi connectivity index (χ0n) is 10.3. The highest BCUT2D eigenvalue weighted by atomic mass is 14.4. The van der Waals surface area contributed by atoms with Gasteiger partial charge < -0.3 is 0 Å². The minimum absolute atomic E-state index is 1.18. The van der Waals surface area contributed by atoms with E-state index >= 15 is 0 Å². The summed E-state index contributed by atoms with van der Waals surface area (Å²) < 4.78 is 0. The van der Waals surface area contributed by atoms with Gasteiger partial charge >= 0.3 is 0 Å². The number of hydrogen-bond acceptors (Lipinski definition) is 0. The first kappa shape index (κ1) is 11.5. The molecule has 3 rings (SSSR count). The summed E-state index contributed by atoms with van der Waals surface area (Å²) in [6.45, 7) is 0. The van der Waals surface area contributed by atoms with Gasteiger partial charge in [0.15, 0.2) is 0 Å². The van der Waals surface area contributed by atoms with Crippen LogP contribution < -0.4 is 0 Å². The van der Waals surface area contributed by atoms with E-state index in [1.807, 2.05) is 0 Å². The molecular weight excluding hydrogens is 180 g/mol. The molecule has 0 aliphatic heterocycles. The third kappa shape index (κ3) is 3.81. The maximum Gasteiger partial charge on any atom is -0.0386 e. The molecule has 0 heteroatoms. The lowest BCUT2D eigenvalue weighted by atomic mass is 9.66. The van der Waals surface area contributed by atoms with E-state index in [1.54, 1.807) is 25.7 Å². The van der Waals surface area contributed by atoms with Gasteiger partial charge in [-0.3, -0.25) is 0 Å². The smallest absolute Gasteiger partial charge is 0.0386 e. The highest BCUT2D eigenvalue weighted by Gasteiger charge is 2.31. The van der Waals surface area contributed by atoms with Gasteiger partial charge in [0.1, 0.15) is 0 Å². The summed E-state index contributed by atoms with van der Waals surface area (Å²) in [7, 11) is 0. The molecule has 0 amide bonds. The summed E-state index contributed by atoms with van der Waals surface area (Å²) in [5.74, 6) is 2.37. The van der Waals surface area contributed by atoms with E-state index in [0.717, 1.165) is 0 Å². The van der Waals surface area contributed by atoms with Crippen molar-refractivity contribution in [3.05, 3.63) is 0 Å². The first-order valence-corrected chi connectivity index (χ1v) is 7.47. The lowest BCUT2D eigenvalue weighted by molar-refractivity contribution is 0.115. The molecule has 0 aromatic carbocycles. The fourth-order valence-corrected chi connectivity index (χ4v) is 3.45. The summed E-state index contributed by atoms with van der Waals surface area (Å²) >= 11 is 0. The van der Waals surface area contributed by atoms with Gasteiger partial charge in [0.25, 0.3) is 0 Å². The van der Waals surface area contributed by atoms with Crippen molar-refractivity contribution >= 4 is 0 Å². The Morgan fingerprint density at radius 3 is 0.867 bits per heavy atom. The average molecular weight is 208 g/mol. The summed E-state index contributed by atoms with van der Waals surface area (Å²) in [4.78, 5) is 0. The summed E-state index contributed by atoms with van der Waals surface area (Å²) in [5, 5.41) is 0. The molecular formula is C15H28. The molecule has 15 heavy (non-hydrogen) atoms. The summed E-state index contributed by atoms with van der Waals surface area (Å²) in [5.41, 5.74) is 0. The highest BCUT2D eigenvalue weighted by molar-refractivity contribution is 4.83. The van der Waals surface area contributed by atoms with E-state index in [0.29, 0.717) is 0 Å². The van der Waals surface area contributed by atoms with E-state index in [1.165, 1.54) is 69.6 Å². The molecule has 0 heterocycles. The van der Waals surface area contributed by atoms with Crippen LogP contribution in [0.25, 0.3) is 0 Å². The fourth-order valence-electron chi connectivity index (χ4n) is 3.45. The van der Waals surface area contributed by atoms with E-state index in [9.17, 15) is 0 Å². The first-order chi connectivity index (χ1) is 7.47. The Bertz CT molecular complexity index is 130. The van der Waals surface area contributed by atoms with Crippen molar-refractivity contribution < 1.29 is 0 Å². The van der Waals surface area contributed by atoms with Crippen molar-refractivity contribution in [3.8, 4) is 0 Å². The number of rotatable bonds is 0. The van der Waals surface area contributed by atoms with Crippen molar-refractivity contribution in [2.24, 2.45) is 11.8 Å². The fraction of sp³-hybridized carbons (Fsp3) is 1.00. The second kappa shape index (κ2) is 6.55. The standard InChI is InChI=1S/C8H14.C7H14/c1-2-4-8-6-5-7(8)3-1;1-2-4-6-7-5-3-1/h7-8H,1-6H2;1-7H2. The molecule has 0 nitrogen and oxygen atoms in total. The Balaban J connectivity index is 0.000000115. The predicted molar refractivity (Wildman–Crippen MR) is 67.0 cm³/mol. The molecule has 3 aliphatic rings. The van der Waals surface area contributed by atoms with Crippen molar-refractivity contribution in [1.29, 1.82) is 0 Å². The Kier molecular flexibility index (Phi) is 5.02. The van der Waals surface area contributed by atoms with Gasteiger partial charge in [0.2, 0.25) is 0 Å². The minimum atomic E-state index is 1.18. The zero-order valence-corrected chi connectivity index (χ0v) is 10.3. The zero-order chi connectivity index (χ0) is 10.3. The van der Waals surface area contributed by atoms with Gasteiger partial charge in [-0.1, -0.05) is 70.6 Å². The Labute approximate surface area is 95.8 Å². The van der Waals surface area contributed by atoms with Crippen LogP contribution in [0.4, 0.5) is 0 Å². The quantitative estimate of drug-likeness (QED) is 0.473. The minimum Gasteiger partial charge on any atom is -0.0533 e. The molecule has 3 aliphatic carbocycles. The molecule has 0 aromatic heterocycles. The van der Waals surface area contributed by atoms with Gasteiger partial charge in [-0.25, -0.2) is 0 Å². The van der Waals surface area contributed by atoms with E-state index in [-0.39, 0.29) is 0 Å². The molecule has 0 aromatic rings. The lowest BCUT2D eigenvalue weighted by Gasteiger charge is -2.40. The maximum atomic E-state index is 1.56. The van der Waals surface area contributed by atoms with E-state index < -0.39 is 0 Å². The van der Waals surface area contributed by atoms with Crippen LogP contribution in [0.5, 0.6) is 0 Å². The van der Waals surface area contributed by atoms with Crippen LogP contribution in [0.3, 0.4) is 0 Å². The van der Waals surface area contributed by atoms with Crippen molar-refractivity contribution in [2.75, 3.05) is 0 Å². The lowest BCUT2D eigenvalue weighted by Crippen LogP contribution is -2.28. The molecule has 2 atom stereocenters. The van der Waals surface area contributed by atoms with E-state index in [4.69, 9.17) is 0 Å². The molecule has 2 unspecified atom stereocenters. The monoisotopic (exact) mass is 208 g/mol. The molecule has 0 spiro atoms. The third-order valence-corrected chi connectivity index (χ3v) is 4.72. The average Bonchev–Trinajstić information content (AvgIpc) is 2.52. The van der Waals surface area contributed by atoms with Crippen molar-refractivity contribution in [1.82, 2.24) is 0 Å². The second-order valence-electron chi connectivity index (χ2n) is 5.86. The highest BCUT2D eigenvalue weighted by Crippen LogP contribution is 2.44. The molecule has 3 fully saturated rings. The summed E-state index contributed by atoms with van der Waals surface area (Å²) in [6.07, 6.45) is 19.8. The SMILES string of the molecule is C1CCC2CCC2C1.C1CCCCCC1. The molecule has 0 N–H and O–H groups in total. The Morgan fingerprint density at radius 2 is 0.667 bits per heavy atom. The second-order valence-corrected chi connectivity index (χ2v) is 5.86. The number of hydrogen-bond donors (Lipinski definition) is 0. The first-order valence-electron chi connectivity index (χ1n) is 7.47. The van der Waals surface area contributed by atoms with Gasteiger partial charge in [0.05, 0.1) is 0 Å². The maximum absolute atomic E-state index is 1.56. The Morgan fingerprint density at radius 1 is 0.333 bits per heavy atom. The van der Waals surface area contributed by atoms with Crippen LogP contribution >= 0.6 is 0 Å². The van der Waals surface area contributed by atoms with Crippen LogP contribution in [-0.2, 0) is 0 Å². The number of fused-ring (bicyclic) bond motifs is 1. The predicted octanol–water partition coefficient (Wildman–Crippen LogP) is 5.32. The van der Waals surface area contributed by atoms with Crippen molar-refractivity contribution in [3.63, 3.8) is 0 Å². The summed E-state index contributed by atoms with van der Waals surface area (Å²) in [6, 6.07) is 0. The molecule has 0 radical (unpaired) electrons. The van der Waals surface area contributed by atoms with Gasteiger partial charge in [-0.15, -0.1) is 0 Å². The third-order valence-electron chi connectivity index (χ3n) is 4.72. The van der Waals surface area contributed by atoms with Gasteiger partial charge in [-0.2, -0.15) is 0 Å². The molecule has 0 saturated heterocycles. The van der Waals surface area contributed by atoms with Crippen LogP contribution in [0.15, 0.2) is 0 Å². The molecule has 3 saturated carbocycles. The normalized spacial score (nSPS) is 35.2. The van der Waals surface area contributed by atoms with Crippen LogP contribution in [0.2, 0.25) is 0 Å². The van der Waals surface area contributed by atoms with Gasteiger partial charge in [-0.05, 0) is 24.7 Å². The topological polar surface area (TPSA) is 0 Å².